The normalized spacial score (nSPS) is 20.2. The van der Waals surface area contributed by atoms with Crippen LogP contribution in [-0.2, 0) is 0 Å². The van der Waals surface area contributed by atoms with E-state index in [0.717, 1.165) is 18.2 Å². The van der Waals surface area contributed by atoms with Gasteiger partial charge in [0.15, 0.2) is 0 Å². The van der Waals surface area contributed by atoms with Crippen LogP contribution in [0.25, 0.3) is 0 Å². The Balaban J connectivity index is 1.99. The van der Waals surface area contributed by atoms with Crippen molar-refractivity contribution >= 4 is 5.91 Å². The lowest BCUT2D eigenvalue weighted by atomic mass is 10.0. The van der Waals surface area contributed by atoms with Crippen molar-refractivity contribution in [3.05, 3.63) is 59.3 Å². The maximum atomic E-state index is 14.1. The molecule has 0 bridgehead atoms. The second-order valence-corrected chi connectivity index (χ2v) is 5.59. The zero-order chi connectivity index (χ0) is 17.3. The van der Waals surface area contributed by atoms with Crippen LogP contribution in [0.5, 0.6) is 5.88 Å². The standard InChI is InChI=1S/C17H16F2N2O3/c1-24-16-12(3-2-6-20-16)17(23)21-9-11(22)8-15(21)13-7-10(18)4-5-14(13)19/h2-7,11,15,22H,8-9H2,1H3/t11-,15+/m1/s1. The SMILES string of the molecule is COc1ncccc1C(=O)N1C[C@H](O)C[C@H]1c1cc(F)ccc1F. The van der Waals surface area contributed by atoms with Crippen LogP contribution < -0.4 is 4.74 Å². The third-order valence-corrected chi connectivity index (χ3v) is 4.05. The molecule has 0 radical (unpaired) electrons. The van der Waals surface area contributed by atoms with Gasteiger partial charge in [-0.3, -0.25) is 4.79 Å². The monoisotopic (exact) mass is 334 g/mol. The lowest BCUT2D eigenvalue weighted by molar-refractivity contribution is 0.0709. The number of ether oxygens (including phenoxy) is 1. The molecule has 5 nitrogen and oxygen atoms in total. The smallest absolute Gasteiger partial charge is 0.259 e. The van der Waals surface area contributed by atoms with Gasteiger partial charge in [-0.15, -0.1) is 0 Å². The molecule has 0 aliphatic carbocycles. The molecule has 3 rings (SSSR count). The Morgan fingerprint density at radius 1 is 1.38 bits per heavy atom. The summed E-state index contributed by atoms with van der Waals surface area (Å²) in [6.45, 7) is 0.0253. The fourth-order valence-corrected chi connectivity index (χ4v) is 2.97. The summed E-state index contributed by atoms with van der Waals surface area (Å²) in [4.78, 5) is 18.1. The van der Waals surface area contributed by atoms with Crippen LogP contribution in [-0.4, -0.2) is 40.7 Å². The number of nitrogens with zero attached hydrogens (tertiary/aromatic N) is 2. The number of rotatable bonds is 3. The average Bonchev–Trinajstić information content (AvgIpc) is 2.98. The van der Waals surface area contributed by atoms with Crippen LogP contribution in [0.2, 0.25) is 0 Å². The zero-order valence-electron chi connectivity index (χ0n) is 12.9. The van der Waals surface area contributed by atoms with Gasteiger partial charge in [-0.2, -0.15) is 0 Å². The first-order chi connectivity index (χ1) is 11.5. The minimum atomic E-state index is -0.815. The van der Waals surface area contributed by atoms with Crippen molar-refractivity contribution in [3.63, 3.8) is 0 Å². The summed E-state index contributed by atoms with van der Waals surface area (Å²) < 4.78 is 32.7. The molecule has 7 heteroatoms. The van der Waals surface area contributed by atoms with Gasteiger partial charge >= 0.3 is 0 Å². The summed E-state index contributed by atoms with van der Waals surface area (Å²) in [5, 5.41) is 9.96. The van der Waals surface area contributed by atoms with Gasteiger partial charge in [0.2, 0.25) is 5.88 Å². The molecule has 1 amide bonds. The van der Waals surface area contributed by atoms with E-state index in [-0.39, 0.29) is 30.0 Å². The molecule has 1 aliphatic rings. The predicted molar refractivity (Wildman–Crippen MR) is 81.5 cm³/mol. The number of carbonyl (C=O) groups excluding carboxylic acids is 1. The van der Waals surface area contributed by atoms with E-state index in [1.807, 2.05) is 0 Å². The number of amides is 1. The second-order valence-electron chi connectivity index (χ2n) is 5.59. The van der Waals surface area contributed by atoms with E-state index in [1.165, 1.54) is 24.3 Å². The van der Waals surface area contributed by atoms with Crippen molar-refractivity contribution in [1.82, 2.24) is 9.88 Å². The molecule has 2 aromatic rings. The number of carbonyl (C=O) groups is 1. The number of β-amino-alcohol motifs (C(OH)–C–C–N with tert-alkyl or cyclic N) is 1. The van der Waals surface area contributed by atoms with Crippen molar-refractivity contribution in [1.29, 1.82) is 0 Å². The number of likely N-dealkylation sites (tertiary alicyclic amines) is 1. The first-order valence-corrected chi connectivity index (χ1v) is 7.44. The molecule has 1 aliphatic heterocycles. The van der Waals surface area contributed by atoms with Crippen molar-refractivity contribution in [2.24, 2.45) is 0 Å². The highest BCUT2D eigenvalue weighted by Gasteiger charge is 2.38. The van der Waals surface area contributed by atoms with Gasteiger partial charge in [-0.1, -0.05) is 0 Å². The molecule has 2 atom stereocenters. The van der Waals surface area contributed by atoms with E-state index in [2.05, 4.69) is 4.98 Å². The maximum absolute atomic E-state index is 14.1. The highest BCUT2D eigenvalue weighted by atomic mass is 19.1. The Hall–Kier alpha value is -2.54. The van der Waals surface area contributed by atoms with E-state index in [4.69, 9.17) is 4.74 Å². The summed E-state index contributed by atoms with van der Waals surface area (Å²) in [5.74, 6) is -1.53. The maximum Gasteiger partial charge on any atom is 0.259 e. The van der Waals surface area contributed by atoms with Crippen molar-refractivity contribution < 1.29 is 23.4 Å². The fourth-order valence-electron chi connectivity index (χ4n) is 2.97. The number of hydrogen-bond acceptors (Lipinski definition) is 4. The van der Waals surface area contributed by atoms with E-state index in [1.54, 1.807) is 6.07 Å². The number of aromatic nitrogens is 1. The van der Waals surface area contributed by atoms with Gasteiger partial charge in [0.1, 0.15) is 17.2 Å². The Morgan fingerprint density at radius 2 is 2.17 bits per heavy atom. The molecule has 1 aromatic heterocycles. The van der Waals surface area contributed by atoms with Crippen LogP contribution >= 0.6 is 0 Å². The summed E-state index contributed by atoms with van der Waals surface area (Å²) in [6, 6.07) is 5.45. The van der Waals surface area contributed by atoms with E-state index >= 15 is 0 Å². The van der Waals surface area contributed by atoms with E-state index in [0.29, 0.717) is 0 Å². The molecule has 126 valence electrons. The second kappa shape index (κ2) is 6.52. The Bertz CT molecular complexity index is 769. The first kappa shape index (κ1) is 16.3. The van der Waals surface area contributed by atoms with Crippen LogP contribution in [0.1, 0.15) is 28.4 Å². The topological polar surface area (TPSA) is 62.7 Å². The van der Waals surface area contributed by atoms with E-state index < -0.39 is 29.7 Å². The third kappa shape index (κ3) is 2.94. The molecular weight excluding hydrogens is 318 g/mol. The summed E-state index contributed by atoms with van der Waals surface area (Å²) in [7, 11) is 1.39. The fraction of sp³-hybridized carbons (Fsp3) is 0.294. The van der Waals surface area contributed by atoms with E-state index in [9.17, 15) is 18.7 Å². The summed E-state index contributed by atoms with van der Waals surface area (Å²) in [6.07, 6.45) is 0.802. The lowest BCUT2D eigenvalue weighted by Gasteiger charge is -2.25. The summed E-state index contributed by atoms with van der Waals surface area (Å²) >= 11 is 0. The zero-order valence-corrected chi connectivity index (χ0v) is 12.9. The Morgan fingerprint density at radius 3 is 2.92 bits per heavy atom. The number of halogens is 2. The first-order valence-electron chi connectivity index (χ1n) is 7.44. The number of hydrogen-bond donors (Lipinski definition) is 1. The molecular formula is C17H16F2N2O3. The van der Waals surface area contributed by atoms with Crippen molar-refractivity contribution in [3.8, 4) is 5.88 Å². The van der Waals surface area contributed by atoms with Gasteiger partial charge in [-0.25, -0.2) is 13.8 Å². The molecule has 1 saturated heterocycles. The van der Waals surface area contributed by atoms with Crippen LogP contribution in [0.4, 0.5) is 8.78 Å². The van der Waals surface area contributed by atoms with Gasteiger partial charge in [0.05, 0.1) is 19.3 Å². The van der Waals surface area contributed by atoms with Crippen LogP contribution in [0.15, 0.2) is 36.5 Å². The molecule has 0 unspecified atom stereocenters. The number of aliphatic hydroxyl groups is 1. The van der Waals surface area contributed by atoms with Gasteiger partial charge < -0.3 is 14.7 Å². The molecule has 24 heavy (non-hydrogen) atoms. The lowest BCUT2D eigenvalue weighted by Crippen LogP contribution is -2.32. The van der Waals surface area contributed by atoms with Gasteiger partial charge in [0.25, 0.3) is 5.91 Å². The van der Waals surface area contributed by atoms with Gasteiger partial charge in [-0.05, 0) is 36.8 Å². The molecule has 2 heterocycles. The van der Waals surface area contributed by atoms with Crippen molar-refractivity contribution in [2.45, 2.75) is 18.6 Å². The number of benzene rings is 1. The molecule has 1 aromatic carbocycles. The average molecular weight is 334 g/mol. The summed E-state index contributed by atoms with van der Waals surface area (Å²) in [5.41, 5.74) is 0.249. The Kier molecular flexibility index (Phi) is 4.44. The third-order valence-electron chi connectivity index (χ3n) is 4.05. The molecule has 1 fully saturated rings. The predicted octanol–water partition coefficient (Wildman–Crippen LogP) is 2.32. The Labute approximate surface area is 137 Å². The minimum absolute atomic E-state index is 0.0253. The number of methoxy groups -OCH3 is 1. The van der Waals surface area contributed by atoms with Crippen LogP contribution in [0.3, 0.4) is 0 Å². The molecule has 1 N–H and O–H groups in total. The highest BCUT2D eigenvalue weighted by Crippen LogP contribution is 2.35. The highest BCUT2D eigenvalue weighted by molar-refractivity contribution is 5.96. The molecule has 0 saturated carbocycles. The number of pyridine rings is 1. The quantitative estimate of drug-likeness (QED) is 0.936. The largest absolute Gasteiger partial charge is 0.480 e. The van der Waals surface area contributed by atoms with Crippen molar-refractivity contribution in [2.75, 3.05) is 13.7 Å². The van der Waals surface area contributed by atoms with Gasteiger partial charge in [0, 0.05) is 18.3 Å². The minimum Gasteiger partial charge on any atom is -0.480 e. The van der Waals surface area contributed by atoms with Crippen LogP contribution in [0, 0.1) is 11.6 Å². The molecule has 0 spiro atoms. The number of aliphatic hydroxyl groups excluding tert-OH is 1.